The van der Waals surface area contributed by atoms with Crippen molar-refractivity contribution in [1.29, 1.82) is 0 Å². The lowest BCUT2D eigenvalue weighted by atomic mass is 9.91. The van der Waals surface area contributed by atoms with Gasteiger partial charge in [-0.2, -0.15) is 26.3 Å². The molecule has 0 aliphatic carbocycles. The van der Waals surface area contributed by atoms with Gasteiger partial charge in [-0.05, 0) is 12.1 Å². The summed E-state index contributed by atoms with van der Waals surface area (Å²) in [6.07, 6.45) is -9.67. The molecule has 96 valence electrons. The van der Waals surface area contributed by atoms with Gasteiger partial charge in [0.25, 0.3) is 5.54 Å². The number of alkyl halides is 6. The Labute approximate surface area is 92.2 Å². The van der Waals surface area contributed by atoms with Crippen molar-refractivity contribution in [2.75, 3.05) is 6.54 Å². The molecule has 2 rings (SSSR count). The lowest BCUT2D eigenvalue weighted by Gasteiger charge is -2.41. The number of aromatic nitrogens is 1. The average molecular weight is 258 g/mol. The minimum Gasteiger partial charge on any atom is -0.348 e. The third kappa shape index (κ3) is 1.54. The van der Waals surface area contributed by atoms with Crippen molar-refractivity contribution >= 4 is 0 Å². The SMILES string of the molecule is FC(F)(F)C1(C(F)(F)F)NCCn2cccc21. The van der Waals surface area contributed by atoms with Crippen LogP contribution in [-0.2, 0) is 12.1 Å². The van der Waals surface area contributed by atoms with E-state index in [1.165, 1.54) is 12.3 Å². The Bertz CT molecular complexity index is 402. The van der Waals surface area contributed by atoms with Gasteiger partial charge in [-0.25, -0.2) is 0 Å². The minimum absolute atomic E-state index is 0.0796. The monoisotopic (exact) mass is 258 g/mol. The highest BCUT2D eigenvalue weighted by molar-refractivity contribution is 5.26. The smallest absolute Gasteiger partial charge is 0.348 e. The van der Waals surface area contributed by atoms with E-state index in [9.17, 15) is 26.3 Å². The zero-order valence-corrected chi connectivity index (χ0v) is 8.36. The first-order valence-corrected chi connectivity index (χ1v) is 4.74. The van der Waals surface area contributed by atoms with Crippen LogP contribution in [0.15, 0.2) is 18.3 Å². The Morgan fingerprint density at radius 2 is 1.71 bits per heavy atom. The Hall–Kier alpha value is -1.18. The first-order chi connectivity index (χ1) is 7.70. The molecule has 1 aliphatic heterocycles. The molecule has 0 bridgehead atoms. The predicted octanol–water partition coefficient (Wildman–Crippen LogP) is 2.41. The zero-order valence-electron chi connectivity index (χ0n) is 8.36. The quantitative estimate of drug-likeness (QED) is 0.707. The van der Waals surface area contributed by atoms with Gasteiger partial charge < -0.3 is 4.57 Å². The molecule has 2 heterocycles. The molecule has 0 spiro atoms. The second kappa shape index (κ2) is 3.41. The van der Waals surface area contributed by atoms with E-state index in [2.05, 4.69) is 0 Å². The van der Waals surface area contributed by atoms with Gasteiger partial charge in [0.2, 0.25) is 0 Å². The van der Waals surface area contributed by atoms with E-state index in [-0.39, 0.29) is 13.1 Å². The number of rotatable bonds is 0. The standard InChI is InChI=1S/C9H8F6N2/c10-8(11,12)7(9(13,14)15)6-2-1-4-17(6)5-3-16-7/h1-2,4,16H,3,5H2. The van der Waals surface area contributed by atoms with E-state index >= 15 is 0 Å². The van der Waals surface area contributed by atoms with Gasteiger partial charge in [-0.1, -0.05) is 0 Å². The maximum Gasteiger partial charge on any atom is 0.421 e. The first kappa shape index (κ1) is 12.3. The predicted molar refractivity (Wildman–Crippen MR) is 46.2 cm³/mol. The molecule has 1 aromatic rings. The summed E-state index contributed by atoms with van der Waals surface area (Å²) >= 11 is 0. The van der Waals surface area contributed by atoms with Gasteiger partial charge in [0.05, 0.1) is 5.69 Å². The van der Waals surface area contributed by atoms with E-state index in [1.54, 1.807) is 5.32 Å². The van der Waals surface area contributed by atoms with Crippen LogP contribution < -0.4 is 5.32 Å². The van der Waals surface area contributed by atoms with E-state index in [1.807, 2.05) is 0 Å². The van der Waals surface area contributed by atoms with Gasteiger partial charge in [-0.3, -0.25) is 5.32 Å². The van der Waals surface area contributed by atoms with Crippen molar-refractivity contribution in [3.63, 3.8) is 0 Å². The van der Waals surface area contributed by atoms with Crippen LogP contribution in [0.25, 0.3) is 0 Å². The van der Waals surface area contributed by atoms with E-state index in [0.717, 1.165) is 10.6 Å². The first-order valence-electron chi connectivity index (χ1n) is 4.74. The van der Waals surface area contributed by atoms with Crippen molar-refractivity contribution in [2.45, 2.75) is 24.4 Å². The van der Waals surface area contributed by atoms with Crippen LogP contribution in [0.4, 0.5) is 26.3 Å². The normalized spacial score (nSPS) is 20.1. The molecule has 1 aromatic heterocycles. The summed E-state index contributed by atoms with van der Waals surface area (Å²) in [5.41, 5.74) is -4.79. The van der Waals surface area contributed by atoms with Crippen LogP contribution in [0.2, 0.25) is 0 Å². The van der Waals surface area contributed by atoms with Crippen LogP contribution in [0.1, 0.15) is 5.69 Å². The fourth-order valence-corrected chi connectivity index (χ4v) is 2.06. The summed E-state index contributed by atoms with van der Waals surface area (Å²) < 4.78 is 78.1. The molecule has 1 aliphatic rings. The summed E-state index contributed by atoms with van der Waals surface area (Å²) in [6.45, 7) is -0.309. The van der Waals surface area contributed by atoms with Crippen molar-refractivity contribution in [2.24, 2.45) is 0 Å². The molecule has 0 atom stereocenters. The Balaban J connectivity index is 2.67. The lowest BCUT2D eigenvalue weighted by molar-refractivity contribution is -0.318. The molecule has 8 heteroatoms. The van der Waals surface area contributed by atoms with Crippen LogP contribution in [0.3, 0.4) is 0 Å². The molecule has 2 nitrogen and oxygen atoms in total. The topological polar surface area (TPSA) is 17.0 Å². The number of nitrogens with one attached hydrogen (secondary N) is 1. The van der Waals surface area contributed by atoms with Gasteiger partial charge in [0.15, 0.2) is 0 Å². The fraction of sp³-hybridized carbons (Fsp3) is 0.556. The summed E-state index contributed by atoms with van der Waals surface area (Å²) in [4.78, 5) is 0. The number of nitrogens with zero attached hydrogens (tertiary/aromatic N) is 1. The maximum absolute atomic E-state index is 12.9. The highest BCUT2D eigenvalue weighted by Gasteiger charge is 2.73. The molecule has 0 unspecified atom stereocenters. The van der Waals surface area contributed by atoms with Crippen LogP contribution in [0.5, 0.6) is 0 Å². The average Bonchev–Trinajstić information content (AvgIpc) is 2.60. The van der Waals surface area contributed by atoms with Crippen molar-refractivity contribution in [1.82, 2.24) is 9.88 Å². The Morgan fingerprint density at radius 3 is 2.24 bits per heavy atom. The van der Waals surface area contributed by atoms with E-state index in [4.69, 9.17) is 0 Å². The number of fused-ring (bicyclic) bond motifs is 1. The maximum atomic E-state index is 12.9. The molecule has 0 fully saturated rings. The number of halogens is 6. The van der Waals surface area contributed by atoms with Gasteiger partial charge in [-0.15, -0.1) is 0 Å². The molecular weight excluding hydrogens is 250 g/mol. The minimum atomic E-state index is -5.44. The third-order valence-electron chi connectivity index (χ3n) is 2.81. The van der Waals surface area contributed by atoms with E-state index in [0.29, 0.717) is 0 Å². The van der Waals surface area contributed by atoms with Gasteiger partial charge in [0, 0.05) is 19.3 Å². The largest absolute Gasteiger partial charge is 0.421 e. The van der Waals surface area contributed by atoms with Crippen molar-refractivity contribution in [3.8, 4) is 0 Å². The molecular formula is C9H8F6N2. The van der Waals surface area contributed by atoms with Gasteiger partial charge >= 0.3 is 12.4 Å². The second-order valence-corrected chi connectivity index (χ2v) is 3.76. The number of hydrogen-bond acceptors (Lipinski definition) is 1. The van der Waals surface area contributed by atoms with E-state index < -0.39 is 23.6 Å². The third-order valence-corrected chi connectivity index (χ3v) is 2.81. The summed E-state index contributed by atoms with van der Waals surface area (Å²) in [6, 6.07) is 2.02. The Morgan fingerprint density at radius 1 is 1.12 bits per heavy atom. The Kier molecular flexibility index (Phi) is 2.46. The van der Waals surface area contributed by atoms with Crippen LogP contribution >= 0.6 is 0 Å². The summed E-state index contributed by atoms with van der Waals surface area (Å²) in [5, 5.41) is 1.58. The fourth-order valence-electron chi connectivity index (χ4n) is 2.06. The molecule has 0 radical (unpaired) electrons. The molecule has 0 aromatic carbocycles. The zero-order chi connectivity index (χ0) is 12.9. The lowest BCUT2D eigenvalue weighted by Crippen LogP contribution is -2.66. The highest BCUT2D eigenvalue weighted by atomic mass is 19.4. The molecule has 1 N–H and O–H groups in total. The highest BCUT2D eigenvalue weighted by Crippen LogP contribution is 2.50. The van der Waals surface area contributed by atoms with Gasteiger partial charge in [0.1, 0.15) is 0 Å². The molecule has 17 heavy (non-hydrogen) atoms. The number of hydrogen-bond donors (Lipinski definition) is 1. The van der Waals surface area contributed by atoms with Crippen LogP contribution in [-0.4, -0.2) is 23.5 Å². The van der Waals surface area contributed by atoms with Crippen molar-refractivity contribution < 1.29 is 26.3 Å². The second-order valence-electron chi connectivity index (χ2n) is 3.76. The van der Waals surface area contributed by atoms with Crippen LogP contribution in [0, 0.1) is 0 Å². The summed E-state index contributed by atoms with van der Waals surface area (Å²) in [7, 11) is 0. The molecule has 0 saturated heterocycles. The molecule has 0 saturated carbocycles. The summed E-state index contributed by atoms with van der Waals surface area (Å²) in [5.74, 6) is 0. The van der Waals surface area contributed by atoms with Crippen molar-refractivity contribution in [3.05, 3.63) is 24.0 Å². The molecule has 0 amide bonds.